The summed E-state index contributed by atoms with van der Waals surface area (Å²) in [7, 11) is 0. The van der Waals surface area contributed by atoms with Gasteiger partial charge in [0, 0.05) is 24.2 Å². The van der Waals surface area contributed by atoms with E-state index in [9.17, 15) is 14.3 Å². The molecule has 0 spiro atoms. The molecule has 4 rings (SSSR count). The molecule has 1 unspecified atom stereocenters. The molecule has 0 bridgehead atoms. The van der Waals surface area contributed by atoms with Gasteiger partial charge in [0.1, 0.15) is 10.8 Å². The van der Waals surface area contributed by atoms with Crippen molar-refractivity contribution >= 4 is 23.2 Å². The van der Waals surface area contributed by atoms with Gasteiger partial charge in [-0.05, 0) is 87.1 Å². The highest BCUT2D eigenvalue weighted by Crippen LogP contribution is 2.44. The van der Waals surface area contributed by atoms with E-state index >= 15 is 0 Å². The van der Waals surface area contributed by atoms with Gasteiger partial charge in [-0.25, -0.2) is 9.18 Å². The normalized spacial score (nSPS) is 14.0. The number of carboxylic acid groups (broad SMARTS) is 1. The first kappa shape index (κ1) is 26.0. The van der Waals surface area contributed by atoms with Crippen LogP contribution in [-0.2, 0) is 22.6 Å². The molecule has 3 aromatic carbocycles. The lowest BCUT2D eigenvalue weighted by Gasteiger charge is -2.29. The molecule has 1 aliphatic rings. The summed E-state index contributed by atoms with van der Waals surface area (Å²) < 4.78 is 20.0. The van der Waals surface area contributed by atoms with Crippen LogP contribution in [0.4, 0.5) is 4.39 Å². The Balaban J connectivity index is 1.89. The van der Waals surface area contributed by atoms with Crippen LogP contribution in [0.5, 0.6) is 0 Å². The summed E-state index contributed by atoms with van der Waals surface area (Å²) in [4.78, 5) is 15.2. The van der Waals surface area contributed by atoms with Crippen molar-refractivity contribution in [3.8, 4) is 11.1 Å². The molecule has 188 valence electrons. The van der Waals surface area contributed by atoms with E-state index in [1.807, 2.05) is 71.9 Å². The minimum Gasteiger partial charge on any atom is -0.479 e. The van der Waals surface area contributed by atoms with E-state index in [-0.39, 0.29) is 5.82 Å². The van der Waals surface area contributed by atoms with Crippen LogP contribution in [-0.4, -0.2) is 26.6 Å². The minimum atomic E-state index is -1.13. The highest BCUT2D eigenvalue weighted by molar-refractivity contribution is 7.80. The first-order chi connectivity index (χ1) is 16.9. The summed E-state index contributed by atoms with van der Waals surface area (Å²) in [6, 6.07) is 14.5. The van der Waals surface area contributed by atoms with Crippen LogP contribution >= 0.6 is 12.2 Å². The first-order valence-electron chi connectivity index (χ1n) is 12.0. The Bertz CT molecular complexity index is 1340. The van der Waals surface area contributed by atoms with Gasteiger partial charge >= 0.3 is 5.97 Å². The van der Waals surface area contributed by atoms with E-state index in [0.717, 1.165) is 38.9 Å². The zero-order valence-corrected chi connectivity index (χ0v) is 22.4. The van der Waals surface area contributed by atoms with Crippen LogP contribution in [0.1, 0.15) is 65.8 Å². The number of carbonyl (C=O) groups is 1. The van der Waals surface area contributed by atoms with Crippen molar-refractivity contribution in [3.05, 3.63) is 93.3 Å². The summed E-state index contributed by atoms with van der Waals surface area (Å²) in [6.07, 6.45) is -1.13. The molecule has 3 aromatic rings. The highest BCUT2D eigenvalue weighted by Gasteiger charge is 2.36. The summed E-state index contributed by atoms with van der Waals surface area (Å²) in [5.41, 5.74) is 7.75. The van der Waals surface area contributed by atoms with Crippen molar-refractivity contribution in [1.29, 1.82) is 0 Å². The fourth-order valence-electron chi connectivity index (χ4n) is 4.98. The summed E-state index contributed by atoms with van der Waals surface area (Å²) in [5.74, 6) is -1.35. The van der Waals surface area contributed by atoms with Gasteiger partial charge in [0.25, 0.3) is 0 Å². The predicted octanol–water partition coefficient (Wildman–Crippen LogP) is 7.05. The third-order valence-corrected chi connectivity index (χ3v) is 7.17. The standard InChI is InChI=1S/C30H32FNO3S/c1-17-10-12-20(13-11-17)25-18(2)23-15-32(28(36)21-8-7-9-22(31)14-21)16-24(23)19(3)26(25)27(29(33)34)35-30(4,5)6/h7-14,27H,15-16H2,1-6H3,(H,33,34). The molecule has 4 nitrogen and oxygen atoms in total. The summed E-state index contributed by atoms with van der Waals surface area (Å²) >= 11 is 5.75. The van der Waals surface area contributed by atoms with Gasteiger partial charge in [0.05, 0.1) is 5.60 Å². The largest absolute Gasteiger partial charge is 0.479 e. The molecule has 0 fully saturated rings. The van der Waals surface area contributed by atoms with Crippen LogP contribution in [0.3, 0.4) is 0 Å². The molecular formula is C30H32FNO3S. The fourth-order valence-corrected chi connectivity index (χ4v) is 5.23. The molecule has 0 aliphatic carbocycles. The van der Waals surface area contributed by atoms with E-state index in [1.165, 1.54) is 12.1 Å². The Morgan fingerprint density at radius 2 is 1.64 bits per heavy atom. The van der Waals surface area contributed by atoms with Gasteiger partial charge in [0.2, 0.25) is 0 Å². The number of benzene rings is 3. The quantitative estimate of drug-likeness (QED) is 0.377. The zero-order chi connectivity index (χ0) is 26.4. The first-order valence-corrected chi connectivity index (χ1v) is 12.5. The Morgan fingerprint density at radius 1 is 1.03 bits per heavy atom. The van der Waals surface area contributed by atoms with Gasteiger partial charge in [0.15, 0.2) is 6.10 Å². The maximum Gasteiger partial charge on any atom is 0.337 e. The van der Waals surface area contributed by atoms with Crippen LogP contribution < -0.4 is 0 Å². The van der Waals surface area contributed by atoms with Gasteiger partial charge in [-0.2, -0.15) is 0 Å². The lowest BCUT2D eigenvalue weighted by atomic mass is 9.83. The number of carboxylic acids is 1. The van der Waals surface area contributed by atoms with Gasteiger partial charge in [-0.1, -0.05) is 54.2 Å². The number of aryl methyl sites for hydroxylation is 1. The second-order valence-electron chi connectivity index (χ2n) is 10.5. The third kappa shape index (κ3) is 5.06. The number of ether oxygens (including phenoxy) is 1. The lowest BCUT2D eigenvalue weighted by Crippen LogP contribution is -2.28. The summed E-state index contributed by atoms with van der Waals surface area (Å²) in [5, 5.41) is 10.3. The molecular weight excluding hydrogens is 473 g/mol. The smallest absolute Gasteiger partial charge is 0.337 e. The van der Waals surface area contributed by atoms with E-state index in [2.05, 4.69) is 4.90 Å². The van der Waals surface area contributed by atoms with E-state index in [1.54, 1.807) is 6.07 Å². The molecule has 6 heteroatoms. The maximum absolute atomic E-state index is 13.9. The molecule has 0 aromatic heterocycles. The molecule has 0 saturated carbocycles. The SMILES string of the molecule is Cc1ccc(-c2c(C)c3c(c(C)c2C(OC(C)(C)C)C(=O)O)CN(C(=S)c2cccc(F)c2)C3)cc1. The van der Waals surface area contributed by atoms with Gasteiger partial charge < -0.3 is 14.7 Å². The number of aliphatic carboxylic acids is 1. The second kappa shape index (κ2) is 9.75. The molecule has 36 heavy (non-hydrogen) atoms. The van der Waals surface area contributed by atoms with Gasteiger partial charge in [-0.3, -0.25) is 0 Å². The van der Waals surface area contributed by atoms with E-state index in [0.29, 0.717) is 29.2 Å². The number of rotatable bonds is 5. The van der Waals surface area contributed by atoms with Gasteiger partial charge in [-0.15, -0.1) is 0 Å². The van der Waals surface area contributed by atoms with Crippen LogP contribution in [0.15, 0.2) is 48.5 Å². The fraction of sp³-hybridized carbons (Fsp3) is 0.333. The Morgan fingerprint density at radius 3 is 2.19 bits per heavy atom. The monoisotopic (exact) mass is 505 g/mol. The second-order valence-corrected chi connectivity index (χ2v) is 10.9. The lowest BCUT2D eigenvalue weighted by molar-refractivity contribution is -0.160. The number of thiocarbonyl (C=S) groups is 1. The Hall–Kier alpha value is -3.09. The molecule has 1 aliphatic heterocycles. The van der Waals surface area contributed by atoms with Crippen molar-refractivity contribution in [2.24, 2.45) is 0 Å². The average molecular weight is 506 g/mol. The Labute approximate surface area is 217 Å². The number of hydrogen-bond acceptors (Lipinski definition) is 3. The van der Waals surface area contributed by atoms with Crippen molar-refractivity contribution in [2.75, 3.05) is 0 Å². The zero-order valence-electron chi connectivity index (χ0n) is 21.6. The highest BCUT2D eigenvalue weighted by atomic mass is 32.1. The van der Waals surface area contributed by atoms with Crippen LogP contribution in [0.2, 0.25) is 0 Å². The van der Waals surface area contributed by atoms with Crippen molar-refractivity contribution in [1.82, 2.24) is 4.90 Å². The Kier molecular flexibility index (Phi) is 7.04. The van der Waals surface area contributed by atoms with Crippen molar-refractivity contribution in [3.63, 3.8) is 0 Å². The molecule has 1 atom stereocenters. The molecule has 1 heterocycles. The topological polar surface area (TPSA) is 49.8 Å². The van der Waals surface area contributed by atoms with E-state index < -0.39 is 17.7 Å². The molecule has 0 amide bonds. The number of fused-ring (bicyclic) bond motifs is 1. The predicted molar refractivity (Wildman–Crippen MR) is 145 cm³/mol. The minimum absolute atomic E-state index is 0.327. The van der Waals surface area contributed by atoms with E-state index in [4.69, 9.17) is 17.0 Å². The molecule has 1 N–H and O–H groups in total. The summed E-state index contributed by atoms with van der Waals surface area (Å²) in [6.45, 7) is 12.7. The van der Waals surface area contributed by atoms with Crippen LogP contribution in [0.25, 0.3) is 11.1 Å². The maximum atomic E-state index is 13.9. The number of hydrogen-bond donors (Lipinski definition) is 1. The third-order valence-electron chi connectivity index (χ3n) is 6.67. The molecule has 0 saturated heterocycles. The number of halogens is 1. The number of nitrogens with zero attached hydrogens (tertiary/aromatic N) is 1. The molecule has 0 radical (unpaired) electrons. The average Bonchev–Trinajstić information content (AvgIpc) is 3.26. The van der Waals surface area contributed by atoms with Crippen LogP contribution in [0, 0.1) is 26.6 Å². The van der Waals surface area contributed by atoms with Crippen molar-refractivity contribution < 1.29 is 19.0 Å². The van der Waals surface area contributed by atoms with Crippen molar-refractivity contribution in [2.45, 2.75) is 66.3 Å².